The molecule has 0 aliphatic heterocycles. The van der Waals surface area contributed by atoms with E-state index in [2.05, 4.69) is 222 Å². The number of benzene rings is 9. The van der Waals surface area contributed by atoms with Crippen molar-refractivity contribution in [2.75, 3.05) is 4.90 Å². The van der Waals surface area contributed by atoms with Crippen molar-refractivity contribution in [2.45, 2.75) is 0 Å². The first-order chi connectivity index (χ1) is 28.3. The molecule has 0 saturated carbocycles. The summed E-state index contributed by atoms with van der Waals surface area (Å²) in [4.78, 5) is 2.39. The van der Waals surface area contributed by atoms with E-state index in [0.717, 1.165) is 78.0 Å². The summed E-state index contributed by atoms with van der Waals surface area (Å²) < 4.78 is 9.00. The first kappa shape index (κ1) is 32.8. The van der Waals surface area contributed by atoms with Gasteiger partial charge in [-0.1, -0.05) is 158 Å². The third-order valence-corrected chi connectivity index (χ3v) is 11.2. The van der Waals surface area contributed by atoms with Gasteiger partial charge in [0.15, 0.2) is 0 Å². The Kier molecular flexibility index (Phi) is 7.82. The smallest absolute Gasteiger partial charge is 0.143 e. The van der Waals surface area contributed by atoms with E-state index in [1.54, 1.807) is 0 Å². The zero-order chi connectivity index (χ0) is 37.7. The van der Waals surface area contributed by atoms with E-state index in [-0.39, 0.29) is 0 Å². The lowest BCUT2D eigenvalue weighted by Gasteiger charge is -2.26. The van der Waals surface area contributed by atoms with Gasteiger partial charge in [0.05, 0.1) is 16.7 Å². The van der Waals surface area contributed by atoms with E-state index in [1.807, 2.05) is 6.07 Å². The highest BCUT2D eigenvalue weighted by atomic mass is 16.3. The van der Waals surface area contributed by atoms with Crippen LogP contribution < -0.4 is 4.90 Å². The summed E-state index contributed by atoms with van der Waals surface area (Å²) >= 11 is 0. The Morgan fingerprint density at radius 1 is 0.368 bits per heavy atom. The first-order valence-electron chi connectivity index (χ1n) is 19.4. The summed E-state index contributed by atoms with van der Waals surface area (Å²) in [6, 6.07) is 78.1. The number of rotatable bonds is 7. The number of hydrogen-bond acceptors (Lipinski definition) is 2. The van der Waals surface area contributed by atoms with Gasteiger partial charge in [-0.05, 0) is 88.5 Å². The van der Waals surface area contributed by atoms with Crippen molar-refractivity contribution in [3.63, 3.8) is 0 Å². The maximum Gasteiger partial charge on any atom is 0.143 e. The molecule has 0 aliphatic carbocycles. The summed E-state index contributed by atoms with van der Waals surface area (Å²) in [5, 5.41) is 4.65. The van der Waals surface area contributed by atoms with Crippen molar-refractivity contribution < 1.29 is 4.42 Å². The molecular weight excluding hydrogens is 693 g/mol. The molecule has 0 N–H and O–H groups in total. The van der Waals surface area contributed by atoms with Crippen LogP contribution in [0.1, 0.15) is 0 Å². The van der Waals surface area contributed by atoms with E-state index < -0.39 is 0 Å². The third-order valence-electron chi connectivity index (χ3n) is 11.2. The topological polar surface area (TPSA) is 21.3 Å². The average Bonchev–Trinajstić information content (AvgIpc) is 3.84. The maximum absolute atomic E-state index is 6.57. The number of fused-ring (bicyclic) bond motifs is 6. The van der Waals surface area contributed by atoms with Crippen LogP contribution in [0.2, 0.25) is 0 Å². The number of aromatic nitrogens is 1. The molecule has 2 heterocycles. The largest absolute Gasteiger partial charge is 0.455 e. The summed E-state index contributed by atoms with van der Waals surface area (Å²) in [5.41, 5.74) is 15.4. The quantitative estimate of drug-likeness (QED) is 0.163. The van der Waals surface area contributed by atoms with Gasteiger partial charge in [0.25, 0.3) is 0 Å². The lowest BCUT2D eigenvalue weighted by atomic mass is 9.93. The normalized spacial score (nSPS) is 11.5. The SMILES string of the molecule is c1ccc(-c2ccc(N(c3ccccc3)c3cccc4c3c3ccccc3n4-c3ccc(-c4cccc5c4oc4ccccc45)c(-c4ccccc4)c3)cc2)cc1. The monoisotopic (exact) mass is 728 g/mol. The highest BCUT2D eigenvalue weighted by molar-refractivity contribution is 6.17. The van der Waals surface area contributed by atoms with E-state index in [1.165, 1.54) is 21.9 Å². The van der Waals surface area contributed by atoms with E-state index in [0.29, 0.717) is 0 Å². The molecule has 0 radical (unpaired) electrons. The molecule has 0 spiro atoms. The van der Waals surface area contributed by atoms with Gasteiger partial charge in [0, 0.05) is 44.2 Å². The van der Waals surface area contributed by atoms with Gasteiger partial charge in [0.1, 0.15) is 11.2 Å². The first-order valence-corrected chi connectivity index (χ1v) is 19.4. The minimum absolute atomic E-state index is 0.899. The van der Waals surface area contributed by atoms with Crippen molar-refractivity contribution in [1.82, 2.24) is 4.57 Å². The second-order valence-corrected chi connectivity index (χ2v) is 14.5. The van der Waals surface area contributed by atoms with Gasteiger partial charge in [-0.2, -0.15) is 0 Å². The molecule has 57 heavy (non-hydrogen) atoms. The molecule has 11 aromatic rings. The highest BCUT2D eigenvalue weighted by Gasteiger charge is 2.22. The van der Waals surface area contributed by atoms with Gasteiger partial charge >= 0.3 is 0 Å². The van der Waals surface area contributed by atoms with Crippen LogP contribution in [0.25, 0.3) is 82.8 Å². The van der Waals surface area contributed by atoms with Crippen molar-refractivity contribution in [3.05, 3.63) is 218 Å². The van der Waals surface area contributed by atoms with Crippen molar-refractivity contribution in [2.24, 2.45) is 0 Å². The molecule has 0 aliphatic rings. The zero-order valence-corrected chi connectivity index (χ0v) is 31.1. The van der Waals surface area contributed by atoms with Crippen molar-refractivity contribution in [3.8, 4) is 39.1 Å². The third kappa shape index (κ3) is 5.51. The van der Waals surface area contributed by atoms with Crippen LogP contribution in [-0.4, -0.2) is 4.57 Å². The molecular formula is C54H36N2O. The van der Waals surface area contributed by atoms with Gasteiger partial charge in [-0.25, -0.2) is 0 Å². The Bertz CT molecular complexity index is 3220. The fraction of sp³-hybridized carbons (Fsp3) is 0. The molecule has 3 nitrogen and oxygen atoms in total. The average molecular weight is 729 g/mol. The predicted octanol–water partition coefficient (Wildman–Crippen LogP) is 15.2. The Morgan fingerprint density at radius 2 is 0.965 bits per heavy atom. The minimum Gasteiger partial charge on any atom is -0.455 e. The fourth-order valence-electron chi connectivity index (χ4n) is 8.62. The summed E-state index contributed by atoms with van der Waals surface area (Å²) in [7, 11) is 0. The molecule has 0 atom stereocenters. The molecule has 0 unspecified atom stereocenters. The number of hydrogen-bond donors (Lipinski definition) is 0. The van der Waals surface area contributed by atoms with Crippen LogP contribution in [-0.2, 0) is 0 Å². The molecule has 0 fully saturated rings. The van der Waals surface area contributed by atoms with Crippen molar-refractivity contribution in [1.29, 1.82) is 0 Å². The summed E-state index contributed by atoms with van der Waals surface area (Å²) in [5.74, 6) is 0. The molecule has 0 saturated heterocycles. The van der Waals surface area contributed by atoms with Gasteiger partial charge in [0.2, 0.25) is 0 Å². The Balaban J connectivity index is 1.13. The molecule has 2 aromatic heterocycles. The fourth-order valence-corrected chi connectivity index (χ4v) is 8.62. The Hall–Kier alpha value is -7.62. The minimum atomic E-state index is 0.899. The number of anilines is 3. The molecule has 268 valence electrons. The van der Waals surface area contributed by atoms with Crippen LogP contribution >= 0.6 is 0 Å². The molecule has 9 aromatic carbocycles. The van der Waals surface area contributed by atoms with E-state index in [9.17, 15) is 0 Å². The molecule has 11 rings (SSSR count). The number of furan rings is 1. The second kappa shape index (κ2) is 13.6. The Labute approximate surface area is 330 Å². The maximum atomic E-state index is 6.57. The predicted molar refractivity (Wildman–Crippen MR) is 239 cm³/mol. The number of nitrogens with zero attached hydrogens (tertiary/aromatic N) is 2. The molecule has 0 bridgehead atoms. The highest BCUT2D eigenvalue weighted by Crippen LogP contribution is 2.46. The summed E-state index contributed by atoms with van der Waals surface area (Å²) in [6.45, 7) is 0. The van der Waals surface area contributed by atoms with Crippen LogP contribution in [0.15, 0.2) is 223 Å². The number of para-hydroxylation sites is 4. The van der Waals surface area contributed by atoms with Crippen molar-refractivity contribution >= 4 is 60.8 Å². The standard InChI is InChI=1S/C54H36N2O/c1-4-16-37(17-5-1)38-30-32-41(33-31-38)55(40-20-8-3-9-21-40)50-27-15-28-51-53(50)47-23-10-12-26-49(47)56(51)42-34-35-43(48(36-42)39-18-6-2-7-19-39)45-24-14-25-46-44-22-11-13-29-52(44)57-54(45)46/h1-36H. The van der Waals surface area contributed by atoms with Crippen LogP contribution in [0.4, 0.5) is 17.1 Å². The lowest BCUT2D eigenvalue weighted by molar-refractivity contribution is 0.670. The Morgan fingerprint density at radius 3 is 1.75 bits per heavy atom. The summed E-state index contributed by atoms with van der Waals surface area (Å²) in [6.07, 6.45) is 0. The van der Waals surface area contributed by atoms with Gasteiger partial charge in [-0.15, -0.1) is 0 Å². The lowest BCUT2D eigenvalue weighted by Crippen LogP contribution is -2.10. The van der Waals surface area contributed by atoms with Gasteiger partial charge in [-0.3, -0.25) is 0 Å². The second-order valence-electron chi connectivity index (χ2n) is 14.5. The van der Waals surface area contributed by atoms with Crippen LogP contribution in [0.3, 0.4) is 0 Å². The molecule has 0 amide bonds. The van der Waals surface area contributed by atoms with E-state index >= 15 is 0 Å². The van der Waals surface area contributed by atoms with E-state index in [4.69, 9.17) is 4.42 Å². The van der Waals surface area contributed by atoms with Gasteiger partial charge < -0.3 is 13.9 Å². The van der Waals surface area contributed by atoms with Crippen LogP contribution in [0.5, 0.6) is 0 Å². The molecule has 3 heteroatoms. The zero-order valence-electron chi connectivity index (χ0n) is 31.1. The van der Waals surface area contributed by atoms with Crippen LogP contribution in [0, 0.1) is 0 Å².